The quantitative estimate of drug-likeness (QED) is 0.284. The molecule has 0 amide bonds. The first-order valence-corrected chi connectivity index (χ1v) is 14.8. The number of benzene rings is 2. The summed E-state index contributed by atoms with van der Waals surface area (Å²) in [6.07, 6.45) is 8.70. The van der Waals surface area contributed by atoms with Gasteiger partial charge in [-0.1, -0.05) is 18.2 Å². The van der Waals surface area contributed by atoms with Crippen LogP contribution >= 0.6 is 0 Å². The SMILES string of the molecule is Cn1ccc2ccc(Nc3ccnc(N4CCOC(c5ccc6c(CCCN7CCCC7)nn(C)c6c5)C4)n3)cc21. The zero-order valence-corrected chi connectivity index (χ0v) is 24.0. The van der Waals surface area contributed by atoms with Crippen molar-refractivity contribution in [2.75, 3.05) is 49.5 Å². The lowest BCUT2D eigenvalue weighted by atomic mass is 10.0. The van der Waals surface area contributed by atoms with Crippen molar-refractivity contribution in [1.82, 2.24) is 29.2 Å². The summed E-state index contributed by atoms with van der Waals surface area (Å²) in [4.78, 5) is 14.3. The van der Waals surface area contributed by atoms with Crippen LogP contribution in [0.5, 0.6) is 0 Å². The number of aromatic nitrogens is 5. The lowest BCUT2D eigenvalue weighted by Gasteiger charge is -2.33. The zero-order valence-electron chi connectivity index (χ0n) is 24.0. The highest BCUT2D eigenvalue weighted by molar-refractivity contribution is 5.84. The Labute approximate surface area is 240 Å². The van der Waals surface area contributed by atoms with Gasteiger partial charge >= 0.3 is 0 Å². The Morgan fingerprint density at radius 2 is 1.88 bits per heavy atom. The summed E-state index contributed by atoms with van der Waals surface area (Å²) in [6.45, 7) is 5.75. The smallest absolute Gasteiger partial charge is 0.227 e. The normalized spacial score (nSPS) is 18.1. The number of hydrogen-bond acceptors (Lipinski definition) is 7. The molecular weight excluding hydrogens is 512 g/mol. The lowest BCUT2D eigenvalue weighted by Crippen LogP contribution is -2.39. The van der Waals surface area contributed by atoms with Crippen LogP contribution in [0, 0.1) is 0 Å². The summed E-state index contributed by atoms with van der Waals surface area (Å²) >= 11 is 0. The number of rotatable bonds is 8. The highest BCUT2D eigenvalue weighted by Crippen LogP contribution is 2.29. The zero-order chi connectivity index (χ0) is 27.8. The highest BCUT2D eigenvalue weighted by Gasteiger charge is 2.25. The highest BCUT2D eigenvalue weighted by atomic mass is 16.5. The minimum Gasteiger partial charge on any atom is -0.370 e. The van der Waals surface area contributed by atoms with Crippen LogP contribution in [0.1, 0.15) is 36.6 Å². The van der Waals surface area contributed by atoms with E-state index in [0.29, 0.717) is 19.1 Å². The van der Waals surface area contributed by atoms with Crippen molar-refractivity contribution in [3.8, 4) is 0 Å². The summed E-state index contributed by atoms with van der Waals surface area (Å²) in [5, 5.41) is 10.8. The molecule has 0 radical (unpaired) electrons. The number of likely N-dealkylation sites (tertiary alicyclic amines) is 1. The van der Waals surface area contributed by atoms with Crippen molar-refractivity contribution in [2.45, 2.75) is 31.8 Å². The van der Waals surface area contributed by atoms with Crippen molar-refractivity contribution in [3.05, 3.63) is 72.2 Å². The van der Waals surface area contributed by atoms with Crippen LogP contribution in [0.3, 0.4) is 0 Å². The minimum atomic E-state index is -0.0540. The monoisotopic (exact) mass is 550 g/mol. The van der Waals surface area contributed by atoms with Crippen molar-refractivity contribution < 1.29 is 4.74 Å². The third-order valence-electron chi connectivity index (χ3n) is 8.56. The van der Waals surface area contributed by atoms with E-state index in [-0.39, 0.29) is 6.10 Å². The van der Waals surface area contributed by atoms with Crippen LogP contribution in [0.4, 0.5) is 17.5 Å². The fourth-order valence-corrected chi connectivity index (χ4v) is 6.30. The topological polar surface area (TPSA) is 76.3 Å². The molecule has 212 valence electrons. The Kier molecular flexibility index (Phi) is 7.06. The van der Waals surface area contributed by atoms with E-state index in [4.69, 9.17) is 14.8 Å². The largest absolute Gasteiger partial charge is 0.370 e. The summed E-state index contributed by atoms with van der Waals surface area (Å²) in [5.41, 5.74) is 5.71. The molecule has 1 N–H and O–H groups in total. The summed E-state index contributed by atoms with van der Waals surface area (Å²) in [7, 11) is 4.11. The number of ether oxygens (including phenoxy) is 1. The van der Waals surface area contributed by atoms with Crippen LogP contribution < -0.4 is 10.2 Å². The standard InChI is InChI=1S/C32H38N8O/c1-37-17-12-23-7-9-25(21-28(23)37)34-31-11-13-33-32(35-31)40-18-19-41-30(22-40)24-8-10-26-27(36-38(2)29(26)20-24)6-5-16-39-14-3-4-15-39/h7-13,17,20-21,30H,3-6,14-16,18-19,22H2,1-2H3,(H,33,34,35). The van der Waals surface area contributed by atoms with E-state index >= 15 is 0 Å². The molecule has 3 aromatic heterocycles. The number of anilines is 3. The first-order valence-electron chi connectivity index (χ1n) is 14.8. The second-order valence-electron chi connectivity index (χ2n) is 11.4. The first-order chi connectivity index (χ1) is 20.1. The van der Waals surface area contributed by atoms with Gasteiger partial charge in [-0.15, -0.1) is 0 Å². The molecule has 0 saturated carbocycles. The Bertz CT molecular complexity index is 1670. The second-order valence-corrected chi connectivity index (χ2v) is 11.4. The molecule has 1 unspecified atom stereocenters. The van der Waals surface area contributed by atoms with E-state index in [1.807, 2.05) is 24.0 Å². The lowest BCUT2D eigenvalue weighted by molar-refractivity contribution is 0.0393. The van der Waals surface area contributed by atoms with Crippen molar-refractivity contribution in [2.24, 2.45) is 14.1 Å². The van der Waals surface area contributed by atoms with Gasteiger partial charge in [0.05, 0.1) is 24.4 Å². The van der Waals surface area contributed by atoms with Gasteiger partial charge in [0.25, 0.3) is 0 Å². The summed E-state index contributed by atoms with van der Waals surface area (Å²) < 4.78 is 10.4. The number of nitrogens with zero attached hydrogens (tertiary/aromatic N) is 7. The number of aryl methyl sites for hydroxylation is 3. The fraction of sp³-hybridized carbons (Fsp3) is 0.406. The van der Waals surface area contributed by atoms with Crippen LogP contribution in [0.25, 0.3) is 21.8 Å². The molecule has 2 aliphatic rings. The van der Waals surface area contributed by atoms with E-state index in [9.17, 15) is 0 Å². The van der Waals surface area contributed by atoms with Crippen LogP contribution in [0.2, 0.25) is 0 Å². The van der Waals surface area contributed by atoms with Gasteiger partial charge in [-0.05, 0) is 86.6 Å². The van der Waals surface area contributed by atoms with Crippen molar-refractivity contribution >= 4 is 39.3 Å². The predicted octanol–water partition coefficient (Wildman–Crippen LogP) is 5.20. The average Bonchev–Trinajstić information content (AvgIpc) is 3.73. The molecule has 2 aromatic carbocycles. The molecule has 0 bridgehead atoms. The van der Waals surface area contributed by atoms with Crippen molar-refractivity contribution in [1.29, 1.82) is 0 Å². The molecule has 1 atom stereocenters. The molecule has 0 aliphatic carbocycles. The maximum absolute atomic E-state index is 6.25. The predicted molar refractivity (Wildman–Crippen MR) is 164 cm³/mol. The molecule has 5 heterocycles. The molecule has 9 nitrogen and oxygen atoms in total. The second kappa shape index (κ2) is 11.1. The maximum Gasteiger partial charge on any atom is 0.227 e. The van der Waals surface area contributed by atoms with E-state index < -0.39 is 0 Å². The Hall–Kier alpha value is -3.95. The molecule has 2 aliphatic heterocycles. The van der Waals surface area contributed by atoms with E-state index in [1.54, 1.807) is 0 Å². The van der Waals surface area contributed by atoms with E-state index in [1.165, 1.54) is 60.0 Å². The molecule has 9 heteroatoms. The Balaban J connectivity index is 1.04. The maximum atomic E-state index is 6.25. The summed E-state index contributed by atoms with van der Waals surface area (Å²) in [5.74, 6) is 1.49. The van der Waals surface area contributed by atoms with E-state index in [0.717, 1.165) is 36.4 Å². The minimum absolute atomic E-state index is 0.0540. The molecule has 0 spiro atoms. The van der Waals surface area contributed by atoms with Crippen LogP contribution in [-0.4, -0.2) is 68.5 Å². The molecule has 41 heavy (non-hydrogen) atoms. The van der Waals surface area contributed by atoms with E-state index in [2.05, 4.69) is 80.4 Å². The number of fused-ring (bicyclic) bond motifs is 2. The number of hydrogen-bond donors (Lipinski definition) is 1. The van der Waals surface area contributed by atoms with Gasteiger partial charge in [0.2, 0.25) is 5.95 Å². The van der Waals surface area contributed by atoms with Crippen molar-refractivity contribution in [3.63, 3.8) is 0 Å². The Morgan fingerprint density at radius 1 is 0.976 bits per heavy atom. The van der Waals surface area contributed by atoms with Gasteiger partial charge in [0.1, 0.15) is 11.9 Å². The fourth-order valence-electron chi connectivity index (χ4n) is 6.30. The summed E-state index contributed by atoms with van der Waals surface area (Å²) in [6, 6.07) is 17.1. The van der Waals surface area contributed by atoms with Gasteiger partial charge in [-0.25, -0.2) is 4.98 Å². The number of nitrogens with one attached hydrogen (secondary N) is 1. The molecule has 2 saturated heterocycles. The third kappa shape index (κ3) is 5.39. The average molecular weight is 551 g/mol. The molecule has 5 aromatic rings. The molecule has 2 fully saturated rings. The van der Waals surface area contributed by atoms with Gasteiger partial charge in [0, 0.05) is 49.6 Å². The van der Waals surface area contributed by atoms with Crippen LogP contribution in [-0.2, 0) is 25.3 Å². The molecular formula is C32H38N8O. The third-order valence-corrected chi connectivity index (χ3v) is 8.56. The van der Waals surface area contributed by atoms with Gasteiger partial charge < -0.3 is 24.4 Å². The Morgan fingerprint density at radius 3 is 2.78 bits per heavy atom. The van der Waals surface area contributed by atoms with Gasteiger partial charge in [-0.2, -0.15) is 10.1 Å². The van der Waals surface area contributed by atoms with Gasteiger partial charge in [0.15, 0.2) is 0 Å². The molecule has 7 rings (SSSR count). The van der Waals surface area contributed by atoms with Crippen LogP contribution in [0.15, 0.2) is 60.9 Å². The van der Waals surface area contributed by atoms with Gasteiger partial charge in [-0.3, -0.25) is 4.68 Å². The number of morpholine rings is 1. The first kappa shape index (κ1) is 26.0.